The summed E-state index contributed by atoms with van der Waals surface area (Å²) >= 11 is 0. The lowest BCUT2D eigenvalue weighted by Gasteiger charge is -1.87. The second-order valence-electron chi connectivity index (χ2n) is 2.83. The third-order valence-electron chi connectivity index (χ3n) is 1.63. The van der Waals surface area contributed by atoms with Crippen LogP contribution in [0.3, 0.4) is 0 Å². The highest BCUT2D eigenvalue weighted by Crippen LogP contribution is 2.10. The summed E-state index contributed by atoms with van der Waals surface area (Å²) in [6.07, 6.45) is 3.57. The van der Waals surface area contributed by atoms with Gasteiger partial charge >= 0.3 is 0 Å². The van der Waals surface area contributed by atoms with Gasteiger partial charge < -0.3 is 9.97 Å². The van der Waals surface area contributed by atoms with Crippen molar-refractivity contribution in [2.45, 2.75) is 13.8 Å². The molecule has 0 saturated heterocycles. The van der Waals surface area contributed by atoms with E-state index in [0.29, 0.717) is 0 Å². The van der Waals surface area contributed by atoms with Gasteiger partial charge in [-0.15, -0.1) is 0 Å². The Morgan fingerprint density at radius 3 is 1.58 bits per heavy atom. The molecule has 0 bridgehead atoms. The first-order valence-corrected chi connectivity index (χ1v) is 3.79. The zero-order valence-corrected chi connectivity index (χ0v) is 7.05. The van der Waals surface area contributed by atoms with E-state index in [-0.39, 0.29) is 0 Å². The molecule has 2 aromatic rings. The Kier molecular flexibility index (Phi) is 1.46. The molecule has 0 radical (unpaired) electrons. The maximum absolute atomic E-state index is 4.15. The Morgan fingerprint density at radius 2 is 1.33 bits per heavy atom. The summed E-state index contributed by atoms with van der Waals surface area (Å²) in [5.41, 5.74) is 2.08. The van der Waals surface area contributed by atoms with E-state index in [1.807, 2.05) is 13.8 Å². The molecule has 4 nitrogen and oxygen atoms in total. The fourth-order valence-electron chi connectivity index (χ4n) is 1.07. The van der Waals surface area contributed by atoms with Crippen LogP contribution in [0.5, 0.6) is 0 Å². The number of hydrogen-bond acceptors (Lipinski definition) is 2. The number of rotatable bonds is 1. The molecule has 4 heteroatoms. The highest BCUT2D eigenvalue weighted by molar-refractivity contribution is 5.43. The zero-order chi connectivity index (χ0) is 8.55. The molecule has 0 unspecified atom stereocenters. The van der Waals surface area contributed by atoms with Crippen molar-refractivity contribution >= 4 is 0 Å². The highest BCUT2D eigenvalue weighted by Gasteiger charge is 2.03. The Labute approximate surface area is 70.1 Å². The van der Waals surface area contributed by atoms with Crippen LogP contribution >= 0.6 is 0 Å². The molecule has 0 aromatic carbocycles. The number of aromatic amines is 2. The minimum Gasteiger partial charge on any atom is -0.340 e. The lowest BCUT2D eigenvalue weighted by atomic mass is 10.5. The topological polar surface area (TPSA) is 57.4 Å². The van der Waals surface area contributed by atoms with Gasteiger partial charge in [0.05, 0.1) is 0 Å². The number of aromatic nitrogens is 4. The van der Waals surface area contributed by atoms with E-state index in [2.05, 4.69) is 19.9 Å². The maximum atomic E-state index is 4.15. The van der Waals surface area contributed by atoms with E-state index >= 15 is 0 Å². The Morgan fingerprint density at radius 1 is 0.917 bits per heavy atom. The van der Waals surface area contributed by atoms with Gasteiger partial charge in [-0.1, -0.05) is 0 Å². The molecule has 12 heavy (non-hydrogen) atoms. The van der Waals surface area contributed by atoms with E-state index in [1.54, 1.807) is 12.4 Å². The Balaban J connectivity index is 2.43. The first kappa shape index (κ1) is 7.09. The number of aryl methyl sites for hydroxylation is 2. The van der Waals surface area contributed by atoms with Gasteiger partial charge in [0.1, 0.15) is 0 Å². The molecule has 0 spiro atoms. The normalized spacial score (nSPS) is 10.5. The number of nitrogens with one attached hydrogen (secondary N) is 2. The van der Waals surface area contributed by atoms with Crippen LogP contribution in [0.2, 0.25) is 0 Å². The van der Waals surface area contributed by atoms with Crippen molar-refractivity contribution in [3.63, 3.8) is 0 Å². The van der Waals surface area contributed by atoms with E-state index in [1.165, 1.54) is 0 Å². The summed E-state index contributed by atoms with van der Waals surface area (Å²) in [7, 11) is 0. The van der Waals surface area contributed by atoms with Crippen LogP contribution in [0.1, 0.15) is 11.4 Å². The molecule has 0 saturated carbocycles. The molecule has 0 atom stereocenters. The third kappa shape index (κ3) is 1.11. The van der Waals surface area contributed by atoms with Crippen molar-refractivity contribution in [2.24, 2.45) is 0 Å². The number of hydrogen-bond donors (Lipinski definition) is 2. The predicted octanol–water partition coefficient (Wildman–Crippen LogP) is 1.42. The number of H-pyrrole nitrogens is 2. The van der Waals surface area contributed by atoms with Crippen LogP contribution in [0, 0.1) is 13.8 Å². The SMILES string of the molecule is Cc1cnc(-c2ncc(C)[nH]2)[nH]1. The smallest absolute Gasteiger partial charge is 0.173 e. The molecular formula is C8H10N4. The van der Waals surface area contributed by atoms with Crippen LogP contribution in [0.15, 0.2) is 12.4 Å². The molecular weight excluding hydrogens is 152 g/mol. The monoisotopic (exact) mass is 162 g/mol. The Bertz CT molecular complexity index is 347. The second-order valence-corrected chi connectivity index (χ2v) is 2.83. The molecule has 2 rings (SSSR count). The van der Waals surface area contributed by atoms with Gasteiger partial charge in [-0.2, -0.15) is 0 Å². The van der Waals surface area contributed by atoms with Crippen molar-refractivity contribution in [2.75, 3.05) is 0 Å². The molecule has 0 amide bonds. The van der Waals surface area contributed by atoms with Gasteiger partial charge in [0, 0.05) is 23.8 Å². The van der Waals surface area contributed by atoms with E-state index in [4.69, 9.17) is 0 Å². The lowest BCUT2D eigenvalue weighted by Crippen LogP contribution is -1.82. The molecule has 0 fully saturated rings. The number of imidazole rings is 2. The summed E-state index contributed by atoms with van der Waals surface area (Å²) < 4.78 is 0. The minimum absolute atomic E-state index is 0.792. The van der Waals surface area contributed by atoms with E-state index in [0.717, 1.165) is 23.0 Å². The molecule has 0 aliphatic heterocycles. The maximum Gasteiger partial charge on any atom is 0.173 e. The molecule has 2 N–H and O–H groups in total. The fraction of sp³-hybridized carbons (Fsp3) is 0.250. The van der Waals surface area contributed by atoms with E-state index in [9.17, 15) is 0 Å². The molecule has 62 valence electrons. The molecule has 2 heterocycles. The van der Waals surface area contributed by atoms with E-state index < -0.39 is 0 Å². The average molecular weight is 162 g/mol. The lowest BCUT2D eigenvalue weighted by molar-refractivity contribution is 1.17. The van der Waals surface area contributed by atoms with Crippen LogP contribution in [0.4, 0.5) is 0 Å². The third-order valence-corrected chi connectivity index (χ3v) is 1.63. The largest absolute Gasteiger partial charge is 0.340 e. The van der Waals surface area contributed by atoms with Crippen molar-refractivity contribution < 1.29 is 0 Å². The van der Waals surface area contributed by atoms with Crippen LogP contribution in [0.25, 0.3) is 11.6 Å². The van der Waals surface area contributed by atoms with Gasteiger partial charge in [-0.25, -0.2) is 9.97 Å². The first-order chi connectivity index (χ1) is 5.75. The van der Waals surface area contributed by atoms with Crippen LogP contribution in [-0.4, -0.2) is 19.9 Å². The average Bonchev–Trinajstić information content (AvgIpc) is 2.58. The summed E-state index contributed by atoms with van der Waals surface area (Å²) in [4.78, 5) is 14.5. The quantitative estimate of drug-likeness (QED) is 0.666. The van der Waals surface area contributed by atoms with Gasteiger partial charge in [0.2, 0.25) is 0 Å². The van der Waals surface area contributed by atoms with Crippen LogP contribution in [-0.2, 0) is 0 Å². The molecule has 2 aromatic heterocycles. The van der Waals surface area contributed by atoms with Crippen molar-refractivity contribution in [1.29, 1.82) is 0 Å². The molecule has 0 aliphatic carbocycles. The minimum atomic E-state index is 0.792. The number of nitrogens with zero attached hydrogens (tertiary/aromatic N) is 2. The summed E-state index contributed by atoms with van der Waals surface area (Å²) in [6, 6.07) is 0. The fourth-order valence-corrected chi connectivity index (χ4v) is 1.07. The van der Waals surface area contributed by atoms with Crippen LogP contribution < -0.4 is 0 Å². The second kappa shape index (κ2) is 2.48. The summed E-state index contributed by atoms with van der Waals surface area (Å²) in [5.74, 6) is 1.58. The van der Waals surface area contributed by atoms with Crippen molar-refractivity contribution in [1.82, 2.24) is 19.9 Å². The summed E-state index contributed by atoms with van der Waals surface area (Å²) in [6.45, 7) is 3.93. The highest BCUT2D eigenvalue weighted by atomic mass is 15.0. The zero-order valence-electron chi connectivity index (χ0n) is 7.05. The Hall–Kier alpha value is -1.58. The van der Waals surface area contributed by atoms with Gasteiger partial charge in [0.15, 0.2) is 11.6 Å². The van der Waals surface area contributed by atoms with Crippen molar-refractivity contribution in [3.05, 3.63) is 23.8 Å². The predicted molar refractivity (Wildman–Crippen MR) is 45.6 cm³/mol. The van der Waals surface area contributed by atoms with Gasteiger partial charge in [0.25, 0.3) is 0 Å². The first-order valence-electron chi connectivity index (χ1n) is 3.79. The van der Waals surface area contributed by atoms with Gasteiger partial charge in [-0.3, -0.25) is 0 Å². The summed E-state index contributed by atoms with van der Waals surface area (Å²) in [5, 5.41) is 0. The van der Waals surface area contributed by atoms with Gasteiger partial charge in [-0.05, 0) is 13.8 Å². The molecule has 0 aliphatic rings. The standard InChI is InChI=1S/C8H10N4/c1-5-3-9-7(11-5)8-10-4-6(2)12-8/h3-4H,1-2H3,(H,9,11)(H,10,12). The van der Waals surface area contributed by atoms with Crippen molar-refractivity contribution in [3.8, 4) is 11.6 Å².